The molecule has 2 aromatic rings. The summed E-state index contributed by atoms with van der Waals surface area (Å²) in [5, 5.41) is 14.4. The highest BCUT2D eigenvalue weighted by Crippen LogP contribution is 2.36. The second-order valence-corrected chi connectivity index (χ2v) is 6.33. The third kappa shape index (κ3) is 5.69. The second-order valence-electron chi connectivity index (χ2n) is 5.52. The molecule has 0 radical (unpaired) electrons. The molecule has 28 heavy (non-hydrogen) atoms. The van der Waals surface area contributed by atoms with Crippen molar-refractivity contribution in [2.24, 2.45) is 0 Å². The molecule has 0 spiro atoms. The van der Waals surface area contributed by atoms with E-state index in [1.54, 1.807) is 24.3 Å². The van der Waals surface area contributed by atoms with Crippen LogP contribution in [0.2, 0.25) is 5.02 Å². The number of hydrogen-bond acceptors (Lipinski definition) is 6. The zero-order valence-corrected chi connectivity index (χ0v) is 16.9. The van der Waals surface area contributed by atoms with Gasteiger partial charge in [0.1, 0.15) is 18.1 Å². The number of nitrogens with zero attached hydrogens (tertiary/aromatic N) is 1. The van der Waals surface area contributed by atoms with Crippen molar-refractivity contribution in [3.05, 3.63) is 41.4 Å². The first-order valence-electron chi connectivity index (χ1n) is 8.14. The molecule has 150 valence electrons. The van der Waals surface area contributed by atoms with E-state index in [2.05, 4.69) is 23.4 Å². The zero-order valence-electron chi connectivity index (χ0n) is 15.2. The lowest BCUT2D eigenvalue weighted by atomic mass is 10.2. The summed E-state index contributed by atoms with van der Waals surface area (Å²) in [6.45, 7) is 1.32. The first-order valence-corrected chi connectivity index (χ1v) is 8.92. The summed E-state index contributed by atoms with van der Waals surface area (Å²) in [5.74, 6) is 0.457. The number of urea groups is 1. The van der Waals surface area contributed by atoms with Crippen molar-refractivity contribution in [1.82, 2.24) is 0 Å². The number of amides is 3. The molecule has 0 atom stereocenters. The predicted molar refractivity (Wildman–Crippen MR) is 112 cm³/mol. The Bertz CT molecular complexity index is 848. The second kappa shape index (κ2) is 10.1. The molecule has 2 aromatic carbocycles. The van der Waals surface area contributed by atoms with Gasteiger partial charge in [-0.15, -0.1) is 0 Å². The Balaban J connectivity index is 2.14. The van der Waals surface area contributed by atoms with Crippen LogP contribution in [0, 0.1) is 0 Å². The van der Waals surface area contributed by atoms with Gasteiger partial charge in [-0.2, -0.15) is 0 Å². The number of hydrogen-bond donors (Lipinski definition) is 4. The van der Waals surface area contributed by atoms with E-state index in [-0.39, 0.29) is 24.1 Å². The van der Waals surface area contributed by atoms with E-state index >= 15 is 0 Å². The van der Waals surface area contributed by atoms with Crippen LogP contribution in [0.25, 0.3) is 0 Å². The smallest absolute Gasteiger partial charge is 0.336 e. The standard InChI is InChI=1S/C18H20ClN3O5S/c1-11(24)20-12-3-5-13(6-4-12)22(28)18(25)21-15-9-14(19)16(27-8-7-23)10-17(15)26-2/h3-6,9-10,23,28H,7-8H2,1-2H3,(H,20,24)(H,21,25). The van der Waals surface area contributed by atoms with Gasteiger partial charge in [0.15, 0.2) is 0 Å². The average Bonchev–Trinajstić information content (AvgIpc) is 2.67. The number of aliphatic hydroxyl groups excluding tert-OH is 1. The quantitative estimate of drug-likeness (QED) is 0.508. The van der Waals surface area contributed by atoms with Gasteiger partial charge >= 0.3 is 6.03 Å². The highest BCUT2D eigenvalue weighted by molar-refractivity contribution is 7.82. The van der Waals surface area contributed by atoms with Gasteiger partial charge in [0.2, 0.25) is 5.91 Å². The van der Waals surface area contributed by atoms with Gasteiger partial charge < -0.3 is 25.2 Å². The fourth-order valence-electron chi connectivity index (χ4n) is 2.24. The van der Waals surface area contributed by atoms with Crippen LogP contribution in [-0.2, 0) is 4.79 Å². The SMILES string of the molecule is COc1cc(OCCO)c(Cl)cc1NC(=O)N(S)c1ccc(NC(C)=O)cc1. The summed E-state index contributed by atoms with van der Waals surface area (Å²) in [6.07, 6.45) is 0. The van der Waals surface area contributed by atoms with Crippen LogP contribution >= 0.6 is 24.4 Å². The molecule has 0 saturated heterocycles. The van der Waals surface area contributed by atoms with Crippen LogP contribution in [0.15, 0.2) is 36.4 Å². The number of thiol groups is 1. The van der Waals surface area contributed by atoms with E-state index in [0.717, 1.165) is 4.31 Å². The maximum atomic E-state index is 12.5. The number of rotatable bonds is 7. The summed E-state index contributed by atoms with van der Waals surface area (Å²) < 4.78 is 11.7. The molecule has 0 heterocycles. The number of halogens is 1. The number of anilines is 3. The predicted octanol–water partition coefficient (Wildman–Crippen LogP) is 3.56. The monoisotopic (exact) mass is 425 g/mol. The molecule has 0 aliphatic rings. The Morgan fingerprint density at radius 3 is 2.43 bits per heavy atom. The Labute approximate surface area is 172 Å². The molecule has 0 unspecified atom stereocenters. The summed E-state index contributed by atoms with van der Waals surface area (Å²) in [4.78, 5) is 23.6. The minimum absolute atomic E-state index is 0.0769. The van der Waals surface area contributed by atoms with Crippen molar-refractivity contribution in [1.29, 1.82) is 0 Å². The number of ether oxygens (including phenoxy) is 2. The minimum atomic E-state index is -0.547. The topological polar surface area (TPSA) is 100 Å². The van der Waals surface area contributed by atoms with E-state index in [4.69, 9.17) is 26.2 Å². The minimum Gasteiger partial charge on any atom is -0.494 e. The Kier molecular flexibility index (Phi) is 7.80. The highest BCUT2D eigenvalue weighted by Gasteiger charge is 2.17. The molecule has 0 fully saturated rings. The lowest BCUT2D eigenvalue weighted by molar-refractivity contribution is -0.114. The Morgan fingerprint density at radius 2 is 1.86 bits per heavy atom. The van der Waals surface area contributed by atoms with E-state index in [1.165, 1.54) is 26.2 Å². The molecule has 0 bridgehead atoms. The van der Waals surface area contributed by atoms with Crippen LogP contribution in [0.1, 0.15) is 6.92 Å². The first-order chi connectivity index (χ1) is 13.3. The molecule has 3 amide bonds. The lowest BCUT2D eigenvalue weighted by Crippen LogP contribution is -2.27. The van der Waals surface area contributed by atoms with Crippen LogP contribution in [0.4, 0.5) is 21.9 Å². The van der Waals surface area contributed by atoms with Crippen LogP contribution in [-0.4, -0.2) is 37.4 Å². The molecule has 0 aliphatic heterocycles. The molecule has 8 nitrogen and oxygen atoms in total. The summed E-state index contributed by atoms with van der Waals surface area (Å²) in [7, 11) is 1.44. The van der Waals surface area contributed by atoms with Gasteiger partial charge in [-0.25, -0.2) is 9.10 Å². The molecule has 2 rings (SSSR count). The van der Waals surface area contributed by atoms with Crippen molar-refractivity contribution in [3.8, 4) is 11.5 Å². The van der Waals surface area contributed by atoms with E-state index in [1.807, 2.05) is 0 Å². The first kappa shape index (κ1) is 21.7. The Morgan fingerprint density at radius 1 is 1.18 bits per heavy atom. The summed E-state index contributed by atoms with van der Waals surface area (Å²) in [6, 6.07) is 9.01. The largest absolute Gasteiger partial charge is 0.494 e. The van der Waals surface area contributed by atoms with Gasteiger partial charge in [-0.1, -0.05) is 24.4 Å². The number of benzene rings is 2. The van der Waals surface area contributed by atoms with Gasteiger partial charge in [0.25, 0.3) is 0 Å². The van der Waals surface area contributed by atoms with Crippen molar-refractivity contribution in [2.75, 3.05) is 35.3 Å². The third-order valence-electron chi connectivity index (χ3n) is 3.47. The highest BCUT2D eigenvalue weighted by atomic mass is 35.5. The van der Waals surface area contributed by atoms with Crippen molar-refractivity contribution in [3.63, 3.8) is 0 Å². The zero-order chi connectivity index (χ0) is 20.7. The van der Waals surface area contributed by atoms with Crippen LogP contribution in [0.5, 0.6) is 11.5 Å². The molecule has 10 heteroatoms. The van der Waals surface area contributed by atoms with E-state index < -0.39 is 6.03 Å². The fraction of sp³-hybridized carbons (Fsp3) is 0.222. The third-order valence-corrected chi connectivity index (χ3v) is 4.18. The number of methoxy groups -OCH3 is 1. The van der Waals surface area contributed by atoms with Crippen LogP contribution < -0.4 is 24.4 Å². The maximum Gasteiger partial charge on any atom is 0.336 e. The molecule has 3 N–H and O–H groups in total. The molecular formula is C18H20ClN3O5S. The maximum absolute atomic E-state index is 12.5. The van der Waals surface area contributed by atoms with Crippen LogP contribution in [0.3, 0.4) is 0 Å². The molecular weight excluding hydrogens is 406 g/mol. The number of carbonyl (C=O) groups excluding carboxylic acids is 2. The number of aliphatic hydroxyl groups is 1. The summed E-state index contributed by atoms with van der Waals surface area (Å²) in [5.41, 5.74) is 1.41. The molecule has 0 aliphatic carbocycles. The van der Waals surface area contributed by atoms with Gasteiger partial charge in [-0.05, 0) is 30.3 Å². The molecule has 0 aromatic heterocycles. The fourth-order valence-corrected chi connectivity index (χ4v) is 2.64. The van der Waals surface area contributed by atoms with Crippen molar-refractivity contribution >= 4 is 53.4 Å². The Hall–Kier alpha value is -2.62. The van der Waals surface area contributed by atoms with Crippen molar-refractivity contribution < 1.29 is 24.2 Å². The number of nitrogens with one attached hydrogen (secondary N) is 2. The normalized spacial score (nSPS) is 10.2. The molecule has 0 saturated carbocycles. The van der Waals surface area contributed by atoms with Gasteiger partial charge in [0.05, 0.1) is 30.1 Å². The lowest BCUT2D eigenvalue weighted by Gasteiger charge is -2.19. The van der Waals surface area contributed by atoms with Gasteiger partial charge in [0, 0.05) is 18.7 Å². The van der Waals surface area contributed by atoms with Gasteiger partial charge in [-0.3, -0.25) is 4.79 Å². The average molecular weight is 426 g/mol. The van der Waals surface area contributed by atoms with E-state index in [9.17, 15) is 9.59 Å². The van der Waals surface area contributed by atoms with Crippen molar-refractivity contribution in [2.45, 2.75) is 6.92 Å². The summed E-state index contributed by atoms with van der Waals surface area (Å²) >= 11 is 10.4. The number of carbonyl (C=O) groups is 2. The van der Waals surface area contributed by atoms with E-state index in [0.29, 0.717) is 28.6 Å².